The fourth-order valence-electron chi connectivity index (χ4n) is 5.16. The molecule has 0 unspecified atom stereocenters. The van der Waals surface area contributed by atoms with E-state index in [9.17, 15) is 15.8 Å². The normalized spacial score (nSPS) is 31.3. The van der Waals surface area contributed by atoms with Crippen LogP contribution in [0, 0.1) is 45.3 Å². The summed E-state index contributed by atoms with van der Waals surface area (Å²) >= 11 is 3.60. The van der Waals surface area contributed by atoms with Crippen LogP contribution in [0.25, 0.3) is 0 Å². The fraction of sp³-hybridized carbons (Fsp3) is 0.381. The Morgan fingerprint density at radius 2 is 1.89 bits per heavy atom. The second kappa shape index (κ2) is 6.24. The van der Waals surface area contributed by atoms with E-state index in [1.807, 2.05) is 24.3 Å². The molecule has 0 aromatic heterocycles. The number of benzene rings is 1. The van der Waals surface area contributed by atoms with Crippen LogP contribution in [-0.4, -0.2) is 24.0 Å². The average molecular weight is 420 g/mol. The minimum Gasteiger partial charge on any atom is -0.399 e. The topological polar surface area (TPSA) is 101 Å². The molecular weight excluding hydrogens is 402 g/mol. The molecule has 2 N–H and O–H groups in total. The molecule has 4 rings (SSSR count). The number of hydrogen-bond acceptors (Lipinski definition) is 5. The number of fused-ring (bicyclic) bond motifs is 4. The molecule has 3 aliphatic rings. The van der Waals surface area contributed by atoms with E-state index in [1.54, 1.807) is 0 Å². The predicted molar refractivity (Wildman–Crippen MR) is 104 cm³/mol. The predicted octanol–water partition coefficient (Wildman–Crippen LogP) is 3.34. The third kappa shape index (κ3) is 2.23. The molecule has 5 nitrogen and oxygen atoms in total. The lowest BCUT2D eigenvalue weighted by Gasteiger charge is -2.48. The van der Waals surface area contributed by atoms with Gasteiger partial charge < -0.3 is 5.73 Å². The highest BCUT2D eigenvalue weighted by Gasteiger charge is 2.58. The molecule has 0 saturated carbocycles. The van der Waals surface area contributed by atoms with E-state index < -0.39 is 11.3 Å². The molecule has 1 fully saturated rings. The van der Waals surface area contributed by atoms with Crippen LogP contribution in [0.1, 0.15) is 24.3 Å². The molecule has 1 saturated heterocycles. The van der Waals surface area contributed by atoms with Crippen LogP contribution in [0.4, 0.5) is 0 Å². The van der Waals surface area contributed by atoms with Crippen molar-refractivity contribution in [3.05, 3.63) is 57.2 Å². The molecule has 2 aliphatic heterocycles. The monoisotopic (exact) mass is 419 g/mol. The molecule has 0 spiro atoms. The van der Waals surface area contributed by atoms with Crippen molar-refractivity contribution in [1.29, 1.82) is 15.8 Å². The summed E-state index contributed by atoms with van der Waals surface area (Å²) < 4.78 is 0.847. The van der Waals surface area contributed by atoms with Gasteiger partial charge in [0.05, 0.1) is 23.4 Å². The molecule has 2 heterocycles. The SMILES string of the molecule is CN1[C@@H]2C=C3C(C#N)=C(N)C(C#N)(C#N)[C@@H](c4ccccc4Br)[C@@H]3[C@@H]1CC2. The van der Waals surface area contributed by atoms with Gasteiger partial charge in [-0.2, -0.15) is 15.8 Å². The highest BCUT2D eigenvalue weighted by atomic mass is 79.9. The molecular formula is C21H18BrN5. The molecule has 1 aliphatic carbocycles. The van der Waals surface area contributed by atoms with Crippen LogP contribution >= 0.6 is 15.9 Å². The standard InChI is InChI=1S/C21H18BrN5/c1-27-12-6-7-17(27)18-14(8-12)15(9-23)20(26)21(10-24,11-25)19(18)13-4-2-3-5-16(13)22/h2-5,8,12,17-19H,6-7,26H2,1H3/t12-,17-,18-,19-/m0/s1. The van der Waals surface area contributed by atoms with Crippen LogP contribution in [0.5, 0.6) is 0 Å². The van der Waals surface area contributed by atoms with Gasteiger partial charge in [-0.05, 0) is 37.1 Å². The highest BCUT2D eigenvalue weighted by molar-refractivity contribution is 9.10. The first-order valence-electron chi connectivity index (χ1n) is 8.91. The van der Waals surface area contributed by atoms with Crippen molar-refractivity contribution in [1.82, 2.24) is 4.90 Å². The summed E-state index contributed by atoms with van der Waals surface area (Å²) in [5.74, 6) is -0.577. The van der Waals surface area contributed by atoms with E-state index in [1.165, 1.54) is 0 Å². The first-order valence-corrected chi connectivity index (χ1v) is 9.70. The molecule has 6 heteroatoms. The molecule has 27 heavy (non-hydrogen) atoms. The zero-order valence-electron chi connectivity index (χ0n) is 14.9. The number of likely N-dealkylation sites (N-methyl/N-ethyl adjacent to an activating group) is 1. The molecule has 2 bridgehead atoms. The number of halogens is 1. The van der Waals surface area contributed by atoms with Gasteiger partial charge in [-0.3, -0.25) is 4.90 Å². The van der Waals surface area contributed by atoms with Crippen molar-refractivity contribution in [3.63, 3.8) is 0 Å². The van der Waals surface area contributed by atoms with Crippen molar-refractivity contribution in [2.45, 2.75) is 30.8 Å². The molecule has 4 atom stereocenters. The van der Waals surface area contributed by atoms with Gasteiger partial charge in [-0.25, -0.2) is 0 Å². The largest absolute Gasteiger partial charge is 0.399 e. The fourth-order valence-corrected chi connectivity index (χ4v) is 5.69. The van der Waals surface area contributed by atoms with Gasteiger partial charge in [-0.15, -0.1) is 0 Å². The Morgan fingerprint density at radius 3 is 2.52 bits per heavy atom. The van der Waals surface area contributed by atoms with Crippen molar-refractivity contribution in [3.8, 4) is 18.2 Å². The first kappa shape index (κ1) is 17.8. The Kier molecular flexibility index (Phi) is 4.11. The van der Waals surface area contributed by atoms with E-state index >= 15 is 0 Å². The maximum atomic E-state index is 10.1. The number of nitrogens with zero attached hydrogens (tertiary/aromatic N) is 4. The summed E-state index contributed by atoms with van der Waals surface area (Å²) in [5, 5.41) is 30.1. The number of nitrogens with two attached hydrogens (primary N) is 1. The molecule has 134 valence electrons. The minimum absolute atomic E-state index is 0.0854. The van der Waals surface area contributed by atoms with E-state index in [-0.39, 0.29) is 23.7 Å². The average Bonchev–Trinajstić information content (AvgIpc) is 2.91. The van der Waals surface area contributed by atoms with Gasteiger partial charge in [-0.1, -0.05) is 40.2 Å². The van der Waals surface area contributed by atoms with E-state index in [4.69, 9.17) is 5.73 Å². The van der Waals surface area contributed by atoms with E-state index in [0.717, 1.165) is 28.5 Å². The number of nitriles is 3. The van der Waals surface area contributed by atoms with Crippen molar-refractivity contribution >= 4 is 15.9 Å². The lowest BCUT2D eigenvalue weighted by molar-refractivity contribution is 0.160. The molecule has 0 amide bonds. The van der Waals surface area contributed by atoms with Crippen LogP contribution in [0.2, 0.25) is 0 Å². The Balaban J connectivity index is 2.08. The van der Waals surface area contributed by atoms with Gasteiger partial charge in [0.2, 0.25) is 0 Å². The van der Waals surface area contributed by atoms with Gasteiger partial charge in [0.15, 0.2) is 5.41 Å². The van der Waals surface area contributed by atoms with Gasteiger partial charge in [0, 0.05) is 28.4 Å². The summed E-state index contributed by atoms with van der Waals surface area (Å²) in [6.07, 6.45) is 4.11. The number of hydrogen-bond donors (Lipinski definition) is 1. The Labute approximate surface area is 167 Å². The maximum Gasteiger partial charge on any atom is 0.191 e. The van der Waals surface area contributed by atoms with Gasteiger partial charge >= 0.3 is 0 Å². The second-order valence-electron chi connectivity index (χ2n) is 7.46. The molecule has 0 radical (unpaired) electrons. The van der Waals surface area contributed by atoms with Gasteiger partial charge in [0.25, 0.3) is 0 Å². The smallest absolute Gasteiger partial charge is 0.191 e. The highest BCUT2D eigenvalue weighted by Crippen LogP contribution is 2.58. The Morgan fingerprint density at radius 1 is 1.19 bits per heavy atom. The molecule has 1 aromatic carbocycles. The number of allylic oxidation sites excluding steroid dienone is 2. The lowest BCUT2D eigenvalue weighted by Crippen LogP contribution is -2.51. The summed E-state index contributed by atoms with van der Waals surface area (Å²) in [6.45, 7) is 0. The third-order valence-electron chi connectivity index (χ3n) is 6.46. The van der Waals surface area contributed by atoms with E-state index in [2.05, 4.69) is 52.2 Å². The van der Waals surface area contributed by atoms with E-state index in [0.29, 0.717) is 5.57 Å². The van der Waals surface area contributed by atoms with Crippen LogP contribution in [0.15, 0.2) is 51.7 Å². The van der Waals surface area contributed by atoms with Gasteiger partial charge in [0.1, 0.15) is 6.07 Å². The van der Waals surface area contributed by atoms with Crippen LogP contribution in [0.3, 0.4) is 0 Å². The van der Waals surface area contributed by atoms with Crippen molar-refractivity contribution in [2.24, 2.45) is 17.1 Å². The quantitative estimate of drug-likeness (QED) is 0.751. The summed E-state index contributed by atoms with van der Waals surface area (Å²) in [6, 6.07) is 14.7. The Hall–Kier alpha value is -2.59. The zero-order valence-corrected chi connectivity index (χ0v) is 16.4. The number of rotatable bonds is 1. The lowest BCUT2D eigenvalue weighted by atomic mass is 9.56. The second-order valence-corrected chi connectivity index (χ2v) is 8.31. The molecule has 1 aromatic rings. The zero-order chi connectivity index (χ0) is 19.3. The van der Waals surface area contributed by atoms with Crippen LogP contribution < -0.4 is 5.73 Å². The third-order valence-corrected chi connectivity index (χ3v) is 7.19. The minimum atomic E-state index is -1.58. The maximum absolute atomic E-state index is 10.1. The Bertz CT molecular complexity index is 989. The van der Waals surface area contributed by atoms with Crippen LogP contribution in [-0.2, 0) is 0 Å². The first-order chi connectivity index (χ1) is 13.0. The van der Waals surface area contributed by atoms with Crippen molar-refractivity contribution < 1.29 is 0 Å². The summed E-state index contributed by atoms with van der Waals surface area (Å²) in [5.41, 5.74) is 6.98. The summed E-state index contributed by atoms with van der Waals surface area (Å²) in [7, 11) is 2.08. The van der Waals surface area contributed by atoms with Crippen molar-refractivity contribution in [2.75, 3.05) is 7.05 Å². The summed E-state index contributed by atoms with van der Waals surface area (Å²) in [4.78, 5) is 2.31.